The Bertz CT molecular complexity index is 3720. The van der Waals surface area contributed by atoms with Crippen LogP contribution in [0.1, 0.15) is 0 Å². The molecule has 0 amide bonds. The molecule has 9 aromatic carbocycles. The Morgan fingerprint density at radius 3 is 1.92 bits per heavy atom. The van der Waals surface area contributed by atoms with Crippen LogP contribution in [0.3, 0.4) is 0 Å². The first-order valence-electron chi connectivity index (χ1n) is 20.7. The number of hydrogen-bond acceptors (Lipinski definition) is 3. The Labute approximate surface area is 356 Å². The molecule has 0 spiro atoms. The van der Waals surface area contributed by atoms with Gasteiger partial charge in [0.2, 0.25) is 0 Å². The van der Waals surface area contributed by atoms with Crippen LogP contribution < -0.4 is 0 Å². The monoisotopic (exact) mass is 794 g/mol. The number of benzene rings is 9. The fourth-order valence-corrected chi connectivity index (χ4v) is 10.6. The van der Waals surface area contributed by atoms with Crippen molar-refractivity contribution in [1.29, 1.82) is 0 Å². The van der Waals surface area contributed by atoms with Crippen molar-refractivity contribution in [2.45, 2.75) is 9.79 Å². The lowest BCUT2D eigenvalue weighted by atomic mass is 9.98. The van der Waals surface area contributed by atoms with Crippen molar-refractivity contribution in [1.82, 2.24) is 19.1 Å². The summed E-state index contributed by atoms with van der Waals surface area (Å²) in [6.07, 6.45) is 0. The Hall–Kier alpha value is -7.73. The Balaban J connectivity index is 0.989. The molecule has 0 aliphatic carbocycles. The number of aromatic nitrogens is 4. The predicted molar refractivity (Wildman–Crippen MR) is 254 cm³/mol. The van der Waals surface area contributed by atoms with Crippen molar-refractivity contribution in [3.63, 3.8) is 0 Å². The summed E-state index contributed by atoms with van der Waals surface area (Å²) in [6, 6.07) is 74.1. The maximum absolute atomic E-state index is 5.37. The van der Waals surface area contributed by atoms with Crippen LogP contribution in [0.25, 0.3) is 111 Å². The molecule has 0 fully saturated rings. The molecule has 0 radical (unpaired) electrons. The highest BCUT2D eigenvalue weighted by Crippen LogP contribution is 2.50. The largest absolute Gasteiger partial charge is 0.295 e. The van der Waals surface area contributed by atoms with E-state index in [0.29, 0.717) is 5.82 Å². The molecule has 4 nitrogen and oxygen atoms in total. The number of fused-ring (bicyclic) bond motifs is 10. The van der Waals surface area contributed by atoms with Gasteiger partial charge >= 0.3 is 0 Å². The topological polar surface area (TPSA) is 35.6 Å². The molecule has 13 rings (SSSR count). The maximum Gasteiger partial charge on any atom is 0.160 e. The van der Waals surface area contributed by atoms with Gasteiger partial charge in [0.25, 0.3) is 0 Å². The quantitative estimate of drug-likeness (QED) is 0.163. The van der Waals surface area contributed by atoms with Gasteiger partial charge < -0.3 is 0 Å². The third-order valence-electron chi connectivity index (χ3n) is 12.3. The fraction of sp³-hybridized carbons (Fsp3) is 0. The van der Waals surface area contributed by atoms with E-state index in [9.17, 15) is 0 Å². The normalized spacial score (nSPS) is 12.2. The van der Waals surface area contributed by atoms with Crippen LogP contribution in [0.2, 0.25) is 0 Å². The molecular weight excluding hydrogens is 761 g/mol. The van der Waals surface area contributed by atoms with E-state index < -0.39 is 0 Å². The molecule has 0 atom stereocenters. The summed E-state index contributed by atoms with van der Waals surface area (Å²) in [4.78, 5) is 13.2. The molecule has 0 unspecified atom stereocenters. The van der Waals surface area contributed by atoms with Crippen molar-refractivity contribution >= 4 is 66.3 Å². The summed E-state index contributed by atoms with van der Waals surface area (Å²) >= 11 is 1.86. The van der Waals surface area contributed by atoms with Gasteiger partial charge in [-0.15, -0.1) is 0 Å². The van der Waals surface area contributed by atoms with E-state index in [4.69, 9.17) is 9.97 Å². The first-order chi connectivity index (χ1) is 30.2. The Morgan fingerprint density at radius 1 is 0.393 bits per heavy atom. The van der Waals surface area contributed by atoms with Crippen LogP contribution in [0, 0.1) is 0 Å². The third kappa shape index (κ3) is 5.27. The van der Waals surface area contributed by atoms with E-state index in [1.165, 1.54) is 59.4 Å². The zero-order valence-corrected chi connectivity index (χ0v) is 33.6. The number of rotatable bonds is 5. The third-order valence-corrected chi connectivity index (χ3v) is 13.4. The van der Waals surface area contributed by atoms with Crippen LogP contribution in [-0.4, -0.2) is 19.1 Å². The molecule has 0 bridgehead atoms. The Morgan fingerprint density at radius 2 is 1.05 bits per heavy atom. The summed E-state index contributed by atoms with van der Waals surface area (Å²) in [5, 5.41) is 7.13. The average Bonchev–Trinajstić information content (AvgIpc) is 3.86. The number of hydrogen-bond donors (Lipinski definition) is 0. The summed E-state index contributed by atoms with van der Waals surface area (Å²) < 4.78 is 4.95. The molecule has 1 aliphatic heterocycles. The highest BCUT2D eigenvalue weighted by Gasteiger charge is 2.28. The van der Waals surface area contributed by atoms with Gasteiger partial charge in [-0.2, -0.15) is 0 Å². The van der Waals surface area contributed by atoms with Crippen LogP contribution in [0.5, 0.6) is 0 Å². The zero-order chi connectivity index (χ0) is 40.0. The van der Waals surface area contributed by atoms with E-state index in [0.717, 1.165) is 55.3 Å². The van der Waals surface area contributed by atoms with Crippen LogP contribution in [0.15, 0.2) is 216 Å². The van der Waals surface area contributed by atoms with Crippen LogP contribution >= 0.6 is 11.8 Å². The number of nitrogens with zero attached hydrogens (tertiary/aromatic N) is 4. The van der Waals surface area contributed by atoms with Crippen molar-refractivity contribution in [2.24, 2.45) is 0 Å². The van der Waals surface area contributed by atoms with Gasteiger partial charge in [-0.05, 0) is 76.2 Å². The molecule has 12 aromatic rings. The van der Waals surface area contributed by atoms with Gasteiger partial charge in [0.05, 0.1) is 27.9 Å². The number of para-hydroxylation sites is 3. The molecule has 0 saturated carbocycles. The zero-order valence-electron chi connectivity index (χ0n) is 32.8. The van der Waals surface area contributed by atoms with Crippen molar-refractivity contribution in [2.75, 3.05) is 0 Å². The molecule has 0 N–H and O–H groups in total. The first kappa shape index (κ1) is 34.2. The lowest BCUT2D eigenvalue weighted by Crippen LogP contribution is -2.06. The lowest BCUT2D eigenvalue weighted by Gasteiger charge is -2.22. The highest BCUT2D eigenvalue weighted by atomic mass is 32.2. The Kier molecular flexibility index (Phi) is 7.50. The average molecular weight is 795 g/mol. The van der Waals surface area contributed by atoms with Gasteiger partial charge in [-0.1, -0.05) is 169 Å². The second-order valence-corrected chi connectivity index (χ2v) is 16.8. The van der Waals surface area contributed by atoms with Crippen LogP contribution in [0.4, 0.5) is 0 Å². The lowest BCUT2D eigenvalue weighted by molar-refractivity contribution is 1.03. The second-order valence-electron chi connectivity index (χ2n) is 15.8. The standard InChI is InChI=1S/C56H34N4S/c1-3-13-35(14-4-1)36-25-27-38(28-26-36)52-46-31-29-37-15-7-8-20-43(37)53(46)58-55(57-52)41-17-11-16-39(33-41)40-30-32-49-48(34-40)60-54-45(22-12-24-50(54)61-49)51-44-21-9-10-23-47(44)59(56(51)60)42-18-5-2-6-19-42/h1-34H. The van der Waals surface area contributed by atoms with Gasteiger partial charge in [0.15, 0.2) is 5.82 Å². The fourth-order valence-electron chi connectivity index (χ4n) is 9.50. The van der Waals surface area contributed by atoms with E-state index in [-0.39, 0.29) is 0 Å². The summed E-state index contributed by atoms with van der Waals surface area (Å²) in [5.41, 5.74) is 14.5. The van der Waals surface area contributed by atoms with Gasteiger partial charge in [-0.3, -0.25) is 9.13 Å². The molecule has 4 heterocycles. The summed E-state index contributed by atoms with van der Waals surface area (Å²) in [7, 11) is 0. The van der Waals surface area contributed by atoms with Gasteiger partial charge in [-0.25, -0.2) is 9.97 Å². The van der Waals surface area contributed by atoms with E-state index >= 15 is 0 Å². The summed E-state index contributed by atoms with van der Waals surface area (Å²) in [5.74, 6) is 0.705. The summed E-state index contributed by atoms with van der Waals surface area (Å²) in [6.45, 7) is 0. The molecule has 3 aromatic heterocycles. The molecular formula is C56H34N4S. The second kappa shape index (κ2) is 13.4. The smallest absolute Gasteiger partial charge is 0.160 e. The molecule has 61 heavy (non-hydrogen) atoms. The molecule has 0 saturated heterocycles. The predicted octanol–water partition coefficient (Wildman–Crippen LogP) is 15.0. The minimum Gasteiger partial charge on any atom is -0.295 e. The van der Waals surface area contributed by atoms with E-state index in [1.807, 2.05) is 11.8 Å². The minimum atomic E-state index is 0.705. The van der Waals surface area contributed by atoms with E-state index in [2.05, 4.69) is 215 Å². The van der Waals surface area contributed by atoms with Gasteiger partial charge in [0.1, 0.15) is 5.65 Å². The first-order valence-corrected chi connectivity index (χ1v) is 21.5. The highest BCUT2D eigenvalue weighted by molar-refractivity contribution is 7.99. The van der Waals surface area contributed by atoms with Gasteiger partial charge in [0, 0.05) is 53.5 Å². The van der Waals surface area contributed by atoms with Crippen molar-refractivity contribution in [3.8, 4) is 56.3 Å². The van der Waals surface area contributed by atoms with Crippen LogP contribution in [-0.2, 0) is 0 Å². The van der Waals surface area contributed by atoms with E-state index in [1.54, 1.807) is 0 Å². The van der Waals surface area contributed by atoms with Crippen molar-refractivity contribution in [3.05, 3.63) is 206 Å². The molecule has 5 heteroatoms. The van der Waals surface area contributed by atoms with Crippen molar-refractivity contribution < 1.29 is 0 Å². The SMILES string of the molecule is c1ccc(-c2ccc(-c3nc(-c4cccc(-c5ccc6c(c5)-n5c7c(cccc7c7c8ccccc8n(-c8ccccc8)c75)S6)c4)nc4c3ccc3ccccc34)cc2)cc1. The molecule has 284 valence electrons. The molecule has 1 aliphatic rings. The maximum atomic E-state index is 5.37. The minimum absolute atomic E-state index is 0.705.